The minimum absolute atomic E-state index is 0.277. The van der Waals surface area contributed by atoms with E-state index < -0.39 is 18.6 Å². The Morgan fingerprint density at radius 3 is 2.86 bits per heavy atom. The molecule has 0 radical (unpaired) electrons. The van der Waals surface area contributed by atoms with Gasteiger partial charge in [0.1, 0.15) is 17.9 Å². The Morgan fingerprint density at radius 2 is 2.24 bits per heavy atom. The summed E-state index contributed by atoms with van der Waals surface area (Å²) in [6, 6.07) is -0.403. The van der Waals surface area contributed by atoms with Gasteiger partial charge in [-0.05, 0) is 20.3 Å². The lowest BCUT2D eigenvalue weighted by atomic mass is 10.1. The van der Waals surface area contributed by atoms with Gasteiger partial charge in [-0.3, -0.25) is 4.79 Å². The van der Waals surface area contributed by atoms with Crippen LogP contribution in [0.1, 0.15) is 28.2 Å². The first-order valence-corrected chi connectivity index (χ1v) is 6.64. The van der Waals surface area contributed by atoms with Gasteiger partial charge in [0.25, 0.3) is 5.91 Å². The number of ether oxygens (including phenoxy) is 2. The first kappa shape index (κ1) is 15.5. The van der Waals surface area contributed by atoms with Crippen LogP contribution in [0.2, 0.25) is 0 Å². The Morgan fingerprint density at radius 1 is 1.48 bits per heavy atom. The van der Waals surface area contributed by atoms with Crippen molar-refractivity contribution in [3.05, 3.63) is 17.0 Å². The number of carboxylic acids is 1. The van der Waals surface area contributed by atoms with E-state index in [0.717, 1.165) is 0 Å². The number of carbonyl (C=O) groups is 2. The summed E-state index contributed by atoms with van der Waals surface area (Å²) in [5.41, 5.74) is 0.891. The highest BCUT2D eigenvalue weighted by molar-refractivity contribution is 5.96. The Balaban J connectivity index is 2.01. The molecule has 0 aromatic carbocycles. The summed E-state index contributed by atoms with van der Waals surface area (Å²) in [6.45, 7) is 3.69. The quantitative estimate of drug-likeness (QED) is 0.803. The molecular formula is C13H18N2O6. The number of aryl methyl sites for hydroxylation is 2. The van der Waals surface area contributed by atoms with Gasteiger partial charge in [0.15, 0.2) is 0 Å². The van der Waals surface area contributed by atoms with Gasteiger partial charge in [0.05, 0.1) is 24.4 Å². The maximum absolute atomic E-state index is 12.3. The van der Waals surface area contributed by atoms with Crippen molar-refractivity contribution in [2.45, 2.75) is 32.4 Å². The molecule has 2 N–H and O–H groups in total. The number of hydrogen-bond acceptors (Lipinski definition) is 6. The van der Waals surface area contributed by atoms with Crippen LogP contribution in [0, 0.1) is 13.8 Å². The van der Waals surface area contributed by atoms with Crippen LogP contribution in [0.15, 0.2) is 4.52 Å². The Labute approximate surface area is 121 Å². The molecule has 2 rings (SSSR count). The first-order chi connectivity index (χ1) is 9.99. The van der Waals surface area contributed by atoms with E-state index in [4.69, 9.17) is 19.1 Å². The lowest BCUT2D eigenvalue weighted by Gasteiger charge is -2.31. The van der Waals surface area contributed by atoms with Crippen LogP contribution < -0.4 is 5.32 Å². The minimum Gasteiger partial charge on any atom is -0.480 e. The second-order valence-corrected chi connectivity index (χ2v) is 4.89. The van der Waals surface area contributed by atoms with Crippen molar-refractivity contribution < 1.29 is 28.7 Å². The molecule has 0 aliphatic carbocycles. The van der Waals surface area contributed by atoms with Crippen LogP contribution in [-0.2, 0) is 14.3 Å². The summed E-state index contributed by atoms with van der Waals surface area (Å²) in [4.78, 5) is 22.8. The number of carboxylic acid groups (broad SMARTS) is 1. The van der Waals surface area contributed by atoms with E-state index in [0.29, 0.717) is 30.0 Å². The highest BCUT2D eigenvalue weighted by atomic mass is 16.5. The van der Waals surface area contributed by atoms with Crippen molar-refractivity contribution >= 4 is 11.9 Å². The predicted octanol–water partition coefficient (Wildman–Crippen LogP) is 0.280. The maximum atomic E-state index is 12.3. The largest absolute Gasteiger partial charge is 0.480 e. The highest BCUT2D eigenvalue weighted by Crippen LogP contribution is 2.16. The van der Waals surface area contributed by atoms with Gasteiger partial charge in [0.2, 0.25) is 0 Å². The van der Waals surface area contributed by atoms with Gasteiger partial charge in [-0.1, -0.05) is 5.16 Å². The zero-order valence-electron chi connectivity index (χ0n) is 11.9. The SMILES string of the molecule is Cc1noc(C)c1C(=O)N[C@@H]1COCC[C@@H]1OCC(=O)O. The van der Waals surface area contributed by atoms with E-state index in [1.165, 1.54) is 0 Å². The third-order valence-corrected chi connectivity index (χ3v) is 3.29. The topological polar surface area (TPSA) is 111 Å². The molecule has 2 heterocycles. The first-order valence-electron chi connectivity index (χ1n) is 6.64. The van der Waals surface area contributed by atoms with Crippen LogP contribution in [-0.4, -0.2) is 54.1 Å². The van der Waals surface area contributed by atoms with E-state index in [2.05, 4.69) is 10.5 Å². The van der Waals surface area contributed by atoms with E-state index >= 15 is 0 Å². The van der Waals surface area contributed by atoms with Crippen LogP contribution in [0.25, 0.3) is 0 Å². The molecule has 1 saturated heterocycles. The fraction of sp³-hybridized carbons (Fsp3) is 0.615. The fourth-order valence-corrected chi connectivity index (χ4v) is 2.28. The molecular weight excluding hydrogens is 280 g/mol. The number of aromatic nitrogens is 1. The molecule has 0 saturated carbocycles. The van der Waals surface area contributed by atoms with Crippen LogP contribution >= 0.6 is 0 Å². The number of aliphatic carboxylic acids is 1. The van der Waals surface area contributed by atoms with Gasteiger partial charge in [-0.25, -0.2) is 4.79 Å². The number of rotatable bonds is 5. The predicted molar refractivity (Wildman–Crippen MR) is 70.0 cm³/mol. The molecule has 21 heavy (non-hydrogen) atoms. The number of hydrogen-bond donors (Lipinski definition) is 2. The fourth-order valence-electron chi connectivity index (χ4n) is 2.28. The zero-order chi connectivity index (χ0) is 15.4. The Kier molecular flexibility index (Phi) is 4.92. The van der Waals surface area contributed by atoms with Gasteiger partial charge in [0, 0.05) is 6.61 Å². The van der Waals surface area contributed by atoms with Crippen molar-refractivity contribution in [1.29, 1.82) is 0 Å². The van der Waals surface area contributed by atoms with Crippen molar-refractivity contribution in [1.82, 2.24) is 10.5 Å². The van der Waals surface area contributed by atoms with Crippen molar-refractivity contribution in [3.63, 3.8) is 0 Å². The third kappa shape index (κ3) is 3.79. The number of carbonyl (C=O) groups excluding carboxylic acids is 1. The van der Waals surface area contributed by atoms with E-state index in [9.17, 15) is 9.59 Å². The van der Waals surface area contributed by atoms with Crippen LogP contribution in [0.5, 0.6) is 0 Å². The molecule has 1 fully saturated rings. The Bertz CT molecular complexity index is 507. The molecule has 116 valence electrons. The number of nitrogens with zero attached hydrogens (tertiary/aromatic N) is 1. The highest BCUT2D eigenvalue weighted by Gasteiger charge is 2.30. The minimum atomic E-state index is -1.04. The second-order valence-electron chi connectivity index (χ2n) is 4.89. The normalized spacial score (nSPS) is 22.0. The van der Waals surface area contributed by atoms with Crippen molar-refractivity contribution in [2.75, 3.05) is 19.8 Å². The van der Waals surface area contributed by atoms with E-state index in [1.807, 2.05) is 0 Å². The standard InChI is InChI=1S/C13H18N2O6/c1-7-12(8(2)21-15-7)13(18)14-9-5-19-4-3-10(9)20-6-11(16)17/h9-10H,3-6H2,1-2H3,(H,14,18)(H,16,17)/t9-,10+/m1/s1. The molecule has 1 aliphatic heterocycles. The molecule has 1 aromatic heterocycles. The third-order valence-electron chi connectivity index (χ3n) is 3.29. The molecule has 1 aliphatic rings. The molecule has 0 bridgehead atoms. The average Bonchev–Trinajstić information content (AvgIpc) is 2.77. The molecule has 0 unspecified atom stereocenters. The lowest BCUT2D eigenvalue weighted by molar-refractivity contribution is -0.147. The number of nitrogens with one attached hydrogen (secondary N) is 1. The number of amides is 1. The molecule has 1 aromatic rings. The monoisotopic (exact) mass is 298 g/mol. The molecule has 0 spiro atoms. The molecule has 1 amide bonds. The van der Waals surface area contributed by atoms with Crippen molar-refractivity contribution in [3.8, 4) is 0 Å². The molecule has 8 heteroatoms. The van der Waals surface area contributed by atoms with E-state index in [1.54, 1.807) is 13.8 Å². The van der Waals surface area contributed by atoms with Crippen LogP contribution in [0.3, 0.4) is 0 Å². The lowest BCUT2D eigenvalue weighted by Crippen LogP contribution is -2.51. The summed E-state index contributed by atoms with van der Waals surface area (Å²) in [5, 5.41) is 15.2. The summed E-state index contributed by atoms with van der Waals surface area (Å²) in [5.74, 6) is -0.937. The Hall–Kier alpha value is -1.93. The van der Waals surface area contributed by atoms with Crippen molar-refractivity contribution in [2.24, 2.45) is 0 Å². The van der Waals surface area contributed by atoms with Gasteiger partial charge >= 0.3 is 5.97 Å². The average molecular weight is 298 g/mol. The van der Waals surface area contributed by atoms with Gasteiger partial charge < -0.3 is 24.4 Å². The summed E-state index contributed by atoms with van der Waals surface area (Å²) < 4.78 is 15.6. The zero-order valence-corrected chi connectivity index (χ0v) is 11.9. The molecule has 2 atom stereocenters. The molecule has 8 nitrogen and oxygen atoms in total. The summed E-state index contributed by atoms with van der Waals surface area (Å²) in [6.07, 6.45) is 0.138. The smallest absolute Gasteiger partial charge is 0.329 e. The summed E-state index contributed by atoms with van der Waals surface area (Å²) >= 11 is 0. The summed E-state index contributed by atoms with van der Waals surface area (Å²) in [7, 11) is 0. The van der Waals surface area contributed by atoms with Gasteiger partial charge in [-0.15, -0.1) is 0 Å². The van der Waals surface area contributed by atoms with E-state index in [-0.39, 0.29) is 18.6 Å². The second kappa shape index (κ2) is 6.68. The van der Waals surface area contributed by atoms with Crippen LogP contribution in [0.4, 0.5) is 0 Å². The maximum Gasteiger partial charge on any atom is 0.329 e. The van der Waals surface area contributed by atoms with Gasteiger partial charge in [-0.2, -0.15) is 0 Å².